The summed E-state index contributed by atoms with van der Waals surface area (Å²) in [6.45, 7) is 3.06. The molecule has 2 aliphatic rings. The van der Waals surface area contributed by atoms with Crippen LogP contribution < -0.4 is 19.5 Å². The molecule has 37 heavy (non-hydrogen) atoms. The molecule has 1 amide bonds. The minimum Gasteiger partial charge on any atom is -0.493 e. The van der Waals surface area contributed by atoms with Crippen molar-refractivity contribution in [1.82, 2.24) is 10.2 Å². The molecule has 0 bridgehead atoms. The standard InChI is InChI=1S/C29H36F2N2O4/c1-18(13-19-10-11-20(30)14-25(19)31)17-32-29(34)24-16-26(35-2)28(37-4)27(36-3)23(24)15-22-9-6-12-33(22)21-7-5-8-21/h10-11,13-14,16,21-22H,5-9,12,15,17H2,1-4H3,(H,32,34)/t22-/m0/s1. The van der Waals surface area contributed by atoms with Crippen LogP contribution in [0.2, 0.25) is 0 Å². The van der Waals surface area contributed by atoms with Crippen molar-refractivity contribution in [2.45, 2.75) is 57.5 Å². The SMILES string of the molecule is COc1cc(C(=O)NCC(C)=Cc2ccc(F)cc2F)c(C[C@@H]2CCCN2C2CCC2)c(OC)c1OC. The molecule has 1 aliphatic carbocycles. The normalized spacial score (nSPS) is 18.4. The molecular weight excluding hydrogens is 478 g/mol. The van der Waals surface area contributed by atoms with E-state index >= 15 is 0 Å². The van der Waals surface area contributed by atoms with Crippen LogP contribution in [0.1, 0.15) is 60.5 Å². The molecule has 0 spiro atoms. The third kappa shape index (κ3) is 5.90. The van der Waals surface area contributed by atoms with Gasteiger partial charge in [-0.2, -0.15) is 0 Å². The number of hydrogen-bond acceptors (Lipinski definition) is 5. The van der Waals surface area contributed by atoms with E-state index in [-0.39, 0.29) is 18.0 Å². The summed E-state index contributed by atoms with van der Waals surface area (Å²) in [6, 6.07) is 6.08. The van der Waals surface area contributed by atoms with E-state index in [9.17, 15) is 13.6 Å². The number of halogens is 2. The Morgan fingerprint density at radius 3 is 2.43 bits per heavy atom. The molecule has 1 N–H and O–H groups in total. The largest absolute Gasteiger partial charge is 0.493 e. The molecule has 200 valence electrons. The number of ether oxygens (including phenoxy) is 3. The third-order valence-electron chi connectivity index (χ3n) is 7.48. The number of methoxy groups -OCH3 is 3. The van der Waals surface area contributed by atoms with Gasteiger partial charge in [0, 0.05) is 35.8 Å². The quantitative estimate of drug-likeness (QED) is 0.461. The Labute approximate surface area is 217 Å². The van der Waals surface area contributed by atoms with Crippen molar-refractivity contribution >= 4 is 12.0 Å². The Morgan fingerprint density at radius 1 is 1.05 bits per heavy atom. The monoisotopic (exact) mass is 514 g/mol. The second-order valence-electron chi connectivity index (χ2n) is 9.83. The van der Waals surface area contributed by atoms with Gasteiger partial charge in [0.05, 0.1) is 26.9 Å². The Hall–Kier alpha value is -3.13. The number of likely N-dealkylation sites (tertiary alicyclic amines) is 1. The number of hydrogen-bond donors (Lipinski definition) is 1. The number of rotatable bonds is 10. The number of amides is 1. The van der Waals surface area contributed by atoms with E-state index < -0.39 is 11.6 Å². The van der Waals surface area contributed by atoms with Gasteiger partial charge in [-0.1, -0.05) is 18.1 Å². The highest BCUT2D eigenvalue weighted by Gasteiger charge is 2.36. The number of nitrogens with zero attached hydrogens (tertiary/aromatic N) is 1. The number of carbonyl (C=O) groups is 1. The molecule has 2 aromatic carbocycles. The summed E-state index contributed by atoms with van der Waals surface area (Å²) in [6.07, 6.45) is 8.21. The van der Waals surface area contributed by atoms with Crippen molar-refractivity contribution in [1.29, 1.82) is 0 Å². The van der Waals surface area contributed by atoms with E-state index in [2.05, 4.69) is 10.2 Å². The summed E-state index contributed by atoms with van der Waals surface area (Å²) in [5, 5.41) is 2.94. The van der Waals surface area contributed by atoms with Crippen molar-refractivity contribution in [2.24, 2.45) is 0 Å². The molecule has 0 unspecified atom stereocenters. The Balaban J connectivity index is 1.61. The highest BCUT2D eigenvalue weighted by molar-refractivity contribution is 5.97. The fraction of sp³-hybridized carbons (Fsp3) is 0.483. The molecule has 1 saturated carbocycles. The van der Waals surface area contributed by atoms with Crippen molar-refractivity contribution in [3.05, 3.63) is 58.2 Å². The van der Waals surface area contributed by atoms with Gasteiger partial charge in [0.1, 0.15) is 11.6 Å². The van der Waals surface area contributed by atoms with Crippen molar-refractivity contribution < 1.29 is 27.8 Å². The first-order valence-corrected chi connectivity index (χ1v) is 12.8. The molecule has 6 nitrogen and oxygen atoms in total. The molecule has 2 aromatic rings. The minimum atomic E-state index is -0.648. The van der Waals surface area contributed by atoms with Crippen LogP contribution in [0.3, 0.4) is 0 Å². The molecule has 2 fully saturated rings. The lowest BCUT2D eigenvalue weighted by Gasteiger charge is -2.39. The fourth-order valence-corrected chi connectivity index (χ4v) is 5.38. The van der Waals surface area contributed by atoms with E-state index in [1.165, 1.54) is 38.5 Å². The maximum absolute atomic E-state index is 14.1. The summed E-state index contributed by atoms with van der Waals surface area (Å²) < 4.78 is 44.2. The molecule has 0 aromatic heterocycles. The fourth-order valence-electron chi connectivity index (χ4n) is 5.38. The predicted molar refractivity (Wildman–Crippen MR) is 140 cm³/mol. The first kappa shape index (κ1) is 26.9. The molecule has 0 radical (unpaired) electrons. The smallest absolute Gasteiger partial charge is 0.252 e. The van der Waals surface area contributed by atoms with Gasteiger partial charge in [0.25, 0.3) is 5.91 Å². The van der Waals surface area contributed by atoms with Gasteiger partial charge in [0.15, 0.2) is 11.5 Å². The predicted octanol–water partition coefficient (Wildman–Crippen LogP) is 5.38. The van der Waals surface area contributed by atoms with E-state index in [0.29, 0.717) is 41.3 Å². The second kappa shape index (κ2) is 11.9. The molecule has 1 aliphatic heterocycles. The van der Waals surface area contributed by atoms with E-state index in [1.807, 2.05) is 0 Å². The van der Waals surface area contributed by atoms with Gasteiger partial charge < -0.3 is 19.5 Å². The van der Waals surface area contributed by atoms with Gasteiger partial charge in [0.2, 0.25) is 5.75 Å². The van der Waals surface area contributed by atoms with Crippen molar-refractivity contribution in [2.75, 3.05) is 34.4 Å². The summed E-state index contributed by atoms with van der Waals surface area (Å²) >= 11 is 0. The summed E-state index contributed by atoms with van der Waals surface area (Å²) in [4.78, 5) is 16.1. The zero-order valence-corrected chi connectivity index (χ0v) is 22.0. The lowest BCUT2D eigenvalue weighted by Crippen LogP contribution is -2.44. The molecular formula is C29H36F2N2O4. The van der Waals surface area contributed by atoms with Gasteiger partial charge in [-0.25, -0.2) is 8.78 Å². The summed E-state index contributed by atoms with van der Waals surface area (Å²) in [5.41, 5.74) is 2.24. The molecule has 1 saturated heterocycles. The summed E-state index contributed by atoms with van der Waals surface area (Å²) in [7, 11) is 4.66. The van der Waals surface area contributed by atoms with E-state index in [0.717, 1.165) is 36.6 Å². The lowest BCUT2D eigenvalue weighted by molar-refractivity contribution is 0.0952. The van der Waals surface area contributed by atoms with Crippen LogP contribution in [0.4, 0.5) is 8.78 Å². The van der Waals surface area contributed by atoms with E-state index in [1.54, 1.807) is 33.3 Å². The molecule has 1 atom stereocenters. The molecule has 4 rings (SSSR count). The molecule has 8 heteroatoms. The maximum atomic E-state index is 14.1. The average molecular weight is 515 g/mol. The van der Waals surface area contributed by atoms with E-state index in [4.69, 9.17) is 14.2 Å². The van der Waals surface area contributed by atoms with Crippen LogP contribution >= 0.6 is 0 Å². The topological polar surface area (TPSA) is 60.0 Å². The first-order chi connectivity index (χ1) is 17.9. The van der Waals surface area contributed by atoms with Crippen LogP contribution in [0, 0.1) is 11.6 Å². The van der Waals surface area contributed by atoms with Gasteiger partial charge in [-0.05, 0) is 63.8 Å². The Morgan fingerprint density at radius 2 is 1.81 bits per heavy atom. The number of nitrogens with one attached hydrogen (secondary N) is 1. The number of carbonyl (C=O) groups excluding carboxylic acids is 1. The van der Waals surface area contributed by atoms with Crippen molar-refractivity contribution in [3.63, 3.8) is 0 Å². The van der Waals surface area contributed by atoms with Crippen LogP contribution in [0.5, 0.6) is 17.2 Å². The zero-order chi connectivity index (χ0) is 26.5. The average Bonchev–Trinajstić information content (AvgIpc) is 3.29. The van der Waals surface area contributed by atoms with Gasteiger partial charge in [-0.15, -0.1) is 0 Å². The lowest BCUT2D eigenvalue weighted by atomic mass is 9.89. The third-order valence-corrected chi connectivity index (χ3v) is 7.48. The van der Waals surface area contributed by atoms with Gasteiger partial charge in [-0.3, -0.25) is 9.69 Å². The Bertz CT molecular complexity index is 1160. The molecule has 1 heterocycles. The van der Waals surface area contributed by atoms with Crippen LogP contribution in [-0.2, 0) is 6.42 Å². The van der Waals surface area contributed by atoms with Crippen molar-refractivity contribution in [3.8, 4) is 17.2 Å². The minimum absolute atomic E-state index is 0.198. The highest BCUT2D eigenvalue weighted by atomic mass is 19.1. The van der Waals surface area contributed by atoms with Crippen LogP contribution in [0.25, 0.3) is 6.08 Å². The number of benzene rings is 2. The Kier molecular flexibility index (Phi) is 8.69. The highest BCUT2D eigenvalue weighted by Crippen LogP contribution is 2.44. The van der Waals surface area contributed by atoms with Gasteiger partial charge >= 0.3 is 0 Å². The first-order valence-electron chi connectivity index (χ1n) is 12.8. The summed E-state index contributed by atoms with van der Waals surface area (Å²) in [5.74, 6) is -0.175. The van der Waals surface area contributed by atoms with Crippen LogP contribution in [0.15, 0.2) is 29.8 Å². The zero-order valence-electron chi connectivity index (χ0n) is 22.0. The van der Waals surface area contributed by atoms with Crippen LogP contribution in [-0.4, -0.2) is 57.3 Å². The second-order valence-corrected chi connectivity index (χ2v) is 9.83. The maximum Gasteiger partial charge on any atom is 0.252 e.